The Hall–Kier alpha value is -2.18. The summed E-state index contributed by atoms with van der Waals surface area (Å²) in [4.78, 5) is 22.2. The van der Waals surface area contributed by atoms with Gasteiger partial charge in [-0.25, -0.2) is 13.6 Å². The van der Waals surface area contributed by atoms with E-state index >= 15 is 0 Å². The third-order valence-electron chi connectivity index (χ3n) is 3.36. The molecular weight excluding hydrogens is 270 g/mol. The molecule has 0 aliphatic carbocycles. The van der Waals surface area contributed by atoms with Crippen molar-refractivity contribution in [2.45, 2.75) is 24.8 Å². The van der Waals surface area contributed by atoms with Crippen LogP contribution in [-0.4, -0.2) is 29.7 Å². The van der Waals surface area contributed by atoms with Gasteiger partial charge in [0.2, 0.25) is 5.91 Å². The average Bonchev–Trinajstić information content (AvgIpc) is 2.56. The molecule has 0 aromatic heterocycles. The van der Waals surface area contributed by atoms with E-state index < -0.39 is 29.7 Å². The molecule has 2 rings (SSSR count). The summed E-state index contributed by atoms with van der Waals surface area (Å²) in [6, 6.07) is 3.05. The normalized spacial score (nSPS) is 22.8. The van der Waals surface area contributed by atoms with E-state index in [1.54, 1.807) is 0 Å². The van der Waals surface area contributed by atoms with Crippen LogP contribution in [-0.2, 0) is 4.79 Å². The van der Waals surface area contributed by atoms with E-state index in [-0.39, 0.29) is 24.4 Å². The van der Waals surface area contributed by atoms with Crippen LogP contribution in [0.15, 0.2) is 18.2 Å². The largest absolute Gasteiger partial charge is 0.465 e. The molecule has 1 aliphatic heterocycles. The molecule has 5 nitrogen and oxygen atoms in total. The molecule has 2 amide bonds. The van der Waals surface area contributed by atoms with E-state index in [4.69, 9.17) is 5.11 Å². The van der Waals surface area contributed by atoms with E-state index in [1.165, 1.54) is 12.1 Å². The Labute approximate surface area is 114 Å². The molecule has 1 saturated heterocycles. The van der Waals surface area contributed by atoms with E-state index in [9.17, 15) is 18.4 Å². The smallest absolute Gasteiger partial charge is 0.405 e. The Balaban J connectivity index is 2.14. The van der Waals surface area contributed by atoms with Crippen LogP contribution in [0.1, 0.15) is 24.3 Å². The van der Waals surface area contributed by atoms with Crippen molar-refractivity contribution in [3.63, 3.8) is 0 Å². The molecular formula is C13H14F2N2O3. The standard InChI is InChI=1S/C13H14F2N2O3/c14-9-3-1-2-8(11(9)15)7-4-5-10(17-13(19)20)12(18)16-6-7/h1-3,7,10,17H,4-6H2,(H,16,18)(H,19,20). The van der Waals surface area contributed by atoms with Crippen LogP contribution in [0.3, 0.4) is 0 Å². The topological polar surface area (TPSA) is 78.4 Å². The zero-order valence-corrected chi connectivity index (χ0v) is 10.5. The number of carboxylic acid groups (broad SMARTS) is 1. The number of hydrogen-bond acceptors (Lipinski definition) is 2. The van der Waals surface area contributed by atoms with Crippen LogP contribution in [0.4, 0.5) is 13.6 Å². The molecule has 2 unspecified atom stereocenters. The van der Waals surface area contributed by atoms with E-state index in [0.29, 0.717) is 6.42 Å². The van der Waals surface area contributed by atoms with Gasteiger partial charge in [-0.05, 0) is 24.5 Å². The molecule has 0 saturated carbocycles. The van der Waals surface area contributed by atoms with Gasteiger partial charge in [0.15, 0.2) is 11.6 Å². The van der Waals surface area contributed by atoms with Crippen molar-refractivity contribution < 1.29 is 23.5 Å². The molecule has 0 spiro atoms. The number of nitrogens with one attached hydrogen (secondary N) is 2. The van der Waals surface area contributed by atoms with Crippen molar-refractivity contribution in [1.29, 1.82) is 0 Å². The summed E-state index contributed by atoms with van der Waals surface area (Å²) in [6.45, 7) is 0.150. The third kappa shape index (κ3) is 3.04. The Morgan fingerprint density at radius 3 is 2.80 bits per heavy atom. The number of carbonyl (C=O) groups excluding carboxylic acids is 1. The van der Waals surface area contributed by atoms with Crippen LogP contribution in [0.5, 0.6) is 0 Å². The monoisotopic (exact) mass is 284 g/mol. The van der Waals surface area contributed by atoms with E-state index in [1.807, 2.05) is 0 Å². The zero-order chi connectivity index (χ0) is 14.7. The molecule has 7 heteroatoms. The Morgan fingerprint density at radius 1 is 1.35 bits per heavy atom. The number of benzene rings is 1. The lowest BCUT2D eigenvalue weighted by molar-refractivity contribution is -0.122. The third-order valence-corrected chi connectivity index (χ3v) is 3.36. The fourth-order valence-corrected chi connectivity index (χ4v) is 2.34. The fourth-order valence-electron chi connectivity index (χ4n) is 2.34. The van der Waals surface area contributed by atoms with Gasteiger partial charge in [-0.15, -0.1) is 0 Å². The lowest BCUT2D eigenvalue weighted by Crippen LogP contribution is -2.45. The molecule has 20 heavy (non-hydrogen) atoms. The first kappa shape index (κ1) is 14.2. The second-order valence-corrected chi connectivity index (χ2v) is 4.66. The number of rotatable bonds is 2. The van der Waals surface area contributed by atoms with Crippen molar-refractivity contribution in [1.82, 2.24) is 10.6 Å². The quantitative estimate of drug-likeness (QED) is 0.771. The predicted octanol–water partition coefficient (Wildman–Crippen LogP) is 1.59. The van der Waals surface area contributed by atoms with Crippen molar-refractivity contribution in [2.75, 3.05) is 6.54 Å². The predicted molar refractivity (Wildman–Crippen MR) is 66.3 cm³/mol. The van der Waals surface area contributed by atoms with Crippen LogP contribution in [0.25, 0.3) is 0 Å². The maximum Gasteiger partial charge on any atom is 0.405 e. The minimum absolute atomic E-state index is 0.150. The van der Waals surface area contributed by atoms with Gasteiger partial charge >= 0.3 is 6.09 Å². The van der Waals surface area contributed by atoms with Gasteiger partial charge in [-0.3, -0.25) is 4.79 Å². The first-order valence-corrected chi connectivity index (χ1v) is 6.20. The van der Waals surface area contributed by atoms with E-state index in [2.05, 4.69) is 10.6 Å². The summed E-state index contributed by atoms with van der Waals surface area (Å²) in [5.41, 5.74) is 0.196. The molecule has 0 radical (unpaired) electrons. The van der Waals surface area contributed by atoms with Gasteiger partial charge in [0, 0.05) is 12.5 Å². The number of hydrogen-bond donors (Lipinski definition) is 3. The Kier molecular flexibility index (Phi) is 4.16. The highest BCUT2D eigenvalue weighted by molar-refractivity contribution is 5.85. The highest BCUT2D eigenvalue weighted by Crippen LogP contribution is 2.27. The molecule has 3 N–H and O–H groups in total. The van der Waals surface area contributed by atoms with Crippen LogP contribution < -0.4 is 10.6 Å². The first-order valence-electron chi connectivity index (χ1n) is 6.20. The Morgan fingerprint density at radius 2 is 2.10 bits per heavy atom. The molecule has 0 bridgehead atoms. The van der Waals surface area contributed by atoms with Gasteiger partial charge in [0.05, 0.1) is 0 Å². The van der Waals surface area contributed by atoms with Gasteiger partial charge < -0.3 is 15.7 Å². The van der Waals surface area contributed by atoms with Crippen LogP contribution in [0.2, 0.25) is 0 Å². The maximum absolute atomic E-state index is 13.7. The van der Waals surface area contributed by atoms with Crippen LogP contribution >= 0.6 is 0 Å². The van der Waals surface area contributed by atoms with Crippen molar-refractivity contribution in [3.8, 4) is 0 Å². The zero-order valence-electron chi connectivity index (χ0n) is 10.5. The summed E-state index contributed by atoms with van der Waals surface area (Å²) in [7, 11) is 0. The van der Waals surface area contributed by atoms with E-state index in [0.717, 1.165) is 6.07 Å². The highest BCUT2D eigenvalue weighted by Gasteiger charge is 2.28. The molecule has 2 atom stereocenters. The summed E-state index contributed by atoms with van der Waals surface area (Å²) < 4.78 is 26.9. The summed E-state index contributed by atoms with van der Waals surface area (Å²) in [5, 5.41) is 13.3. The lowest BCUT2D eigenvalue weighted by Gasteiger charge is -2.15. The van der Waals surface area contributed by atoms with Crippen molar-refractivity contribution in [3.05, 3.63) is 35.4 Å². The molecule has 108 valence electrons. The minimum atomic E-state index is -1.29. The second kappa shape index (κ2) is 5.85. The second-order valence-electron chi connectivity index (χ2n) is 4.66. The van der Waals surface area contributed by atoms with Gasteiger partial charge in [-0.1, -0.05) is 12.1 Å². The number of halogens is 2. The molecule has 1 aliphatic rings. The van der Waals surface area contributed by atoms with Crippen LogP contribution in [0, 0.1) is 11.6 Å². The molecule has 1 aromatic rings. The lowest BCUT2D eigenvalue weighted by atomic mass is 9.93. The molecule has 1 fully saturated rings. The number of carbonyl (C=O) groups is 2. The summed E-state index contributed by atoms with van der Waals surface area (Å²) in [5.74, 6) is -2.68. The van der Waals surface area contributed by atoms with Crippen molar-refractivity contribution in [2.24, 2.45) is 0 Å². The summed E-state index contributed by atoms with van der Waals surface area (Å²) >= 11 is 0. The SMILES string of the molecule is O=C(O)NC1CCC(c2cccc(F)c2F)CNC1=O. The Bertz CT molecular complexity index is 536. The average molecular weight is 284 g/mol. The first-order chi connectivity index (χ1) is 9.49. The minimum Gasteiger partial charge on any atom is -0.465 e. The van der Waals surface area contributed by atoms with Crippen molar-refractivity contribution >= 4 is 12.0 Å². The van der Waals surface area contributed by atoms with Gasteiger partial charge in [0.25, 0.3) is 0 Å². The molecule has 1 heterocycles. The molecule has 1 aromatic carbocycles. The highest BCUT2D eigenvalue weighted by atomic mass is 19.2. The fraction of sp³-hybridized carbons (Fsp3) is 0.385. The summed E-state index contributed by atoms with van der Waals surface area (Å²) in [6.07, 6.45) is -0.677. The van der Waals surface area contributed by atoms with Gasteiger partial charge in [0.1, 0.15) is 6.04 Å². The number of amides is 2. The maximum atomic E-state index is 13.7. The van der Waals surface area contributed by atoms with Gasteiger partial charge in [-0.2, -0.15) is 0 Å².